The standard InChI is InChI=1S/C14H17N3O2S/c1-19-12-7-5-11(6-8-12)17-13(18)15-9-3-2-4-10-16(15)14(17)20/h5-8H,2-4,9-10H2,1H3. The number of benzene rings is 1. The highest BCUT2D eigenvalue weighted by molar-refractivity contribution is 7.71. The number of fused-ring (bicyclic) bond motifs is 1. The Bertz CT molecular complexity index is 687. The fourth-order valence-corrected chi connectivity index (χ4v) is 2.98. The minimum atomic E-state index is -0.0536. The van der Waals surface area contributed by atoms with Crippen LogP contribution in [-0.2, 0) is 13.1 Å². The number of rotatable bonds is 2. The van der Waals surface area contributed by atoms with Gasteiger partial charge >= 0.3 is 5.69 Å². The normalized spacial score (nSPS) is 14.7. The van der Waals surface area contributed by atoms with E-state index in [0.717, 1.165) is 43.8 Å². The molecule has 0 radical (unpaired) electrons. The molecule has 0 N–H and O–H groups in total. The van der Waals surface area contributed by atoms with Crippen LogP contribution < -0.4 is 10.4 Å². The topological polar surface area (TPSA) is 41.1 Å². The van der Waals surface area contributed by atoms with E-state index in [1.54, 1.807) is 16.4 Å². The Hall–Kier alpha value is -1.82. The Balaban J connectivity index is 2.14. The summed E-state index contributed by atoms with van der Waals surface area (Å²) in [5.74, 6) is 0.765. The molecule has 0 spiro atoms. The third-order valence-electron chi connectivity index (χ3n) is 3.69. The van der Waals surface area contributed by atoms with Gasteiger partial charge in [-0.15, -0.1) is 0 Å². The van der Waals surface area contributed by atoms with Crippen LogP contribution in [-0.4, -0.2) is 21.0 Å². The van der Waals surface area contributed by atoms with Gasteiger partial charge in [0.2, 0.25) is 4.77 Å². The lowest BCUT2D eigenvalue weighted by Crippen LogP contribution is -2.26. The molecule has 0 aliphatic carbocycles. The molecular formula is C14H17N3O2S. The highest BCUT2D eigenvalue weighted by Crippen LogP contribution is 2.15. The molecule has 1 aromatic carbocycles. The lowest BCUT2D eigenvalue weighted by Gasteiger charge is -2.03. The Kier molecular flexibility index (Phi) is 3.48. The molecule has 5 nitrogen and oxygen atoms in total. The minimum absolute atomic E-state index is 0.0536. The summed E-state index contributed by atoms with van der Waals surface area (Å²) in [5.41, 5.74) is 0.732. The molecule has 1 aromatic heterocycles. The Labute approximate surface area is 122 Å². The van der Waals surface area contributed by atoms with Gasteiger partial charge in [0.05, 0.1) is 12.8 Å². The van der Waals surface area contributed by atoms with Crippen LogP contribution in [0.1, 0.15) is 19.3 Å². The van der Waals surface area contributed by atoms with Gasteiger partial charge in [-0.25, -0.2) is 14.0 Å². The molecule has 3 rings (SSSR count). The molecule has 0 unspecified atom stereocenters. The first kappa shape index (κ1) is 13.2. The maximum Gasteiger partial charge on any atom is 0.349 e. The fraction of sp³-hybridized carbons (Fsp3) is 0.429. The number of nitrogens with zero attached hydrogens (tertiary/aromatic N) is 3. The molecule has 0 atom stereocenters. The van der Waals surface area contributed by atoms with Gasteiger partial charge in [-0.1, -0.05) is 0 Å². The van der Waals surface area contributed by atoms with E-state index in [2.05, 4.69) is 0 Å². The second kappa shape index (κ2) is 5.28. The molecular weight excluding hydrogens is 274 g/mol. The van der Waals surface area contributed by atoms with Gasteiger partial charge in [0, 0.05) is 13.1 Å². The van der Waals surface area contributed by atoms with Crippen LogP contribution in [0.3, 0.4) is 0 Å². The summed E-state index contributed by atoms with van der Waals surface area (Å²) in [6.07, 6.45) is 3.24. The molecule has 2 aromatic rings. The van der Waals surface area contributed by atoms with Gasteiger partial charge in [-0.2, -0.15) is 0 Å². The smallest absolute Gasteiger partial charge is 0.349 e. The SMILES string of the molecule is COc1ccc(-n2c(=O)n3n(c2=S)CCCCC3)cc1. The molecule has 0 fully saturated rings. The van der Waals surface area contributed by atoms with Crippen LogP contribution in [0.2, 0.25) is 0 Å². The van der Waals surface area contributed by atoms with E-state index in [-0.39, 0.29) is 5.69 Å². The van der Waals surface area contributed by atoms with Crippen LogP contribution in [0, 0.1) is 4.77 Å². The summed E-state index contributed by atoms with van der Waals surface area (Å²) in [7, 11) is 1.62. The fourth-order valence-electron chi connectivity index (χ4n) is 2.60. The predicted octanol–water partition coefficient (Wildman–Crippen LogP) is 2.36. The molecule has 2 heterocycles. The molecule has 106 valence electrons. The van der Waals surface area contributed by atoms with Crippen molar-refractivity contribution in [3.63, 3.8) is 0 Å². The summed E-state index contributed by atoms with van der Waals surface area (Å²) in [6, 6.07) is 7.39. The zero-order valence-corrected chi connectivity index (χ0v) is 12.2. The molecule has 1 aliphatic heterocycles. The first-order valence-corrected chi connectivity index (χ1v) is 7.20. The van der Waals surface area contributed by atoms with E-state index in [0.29, 0.717) is 4.77 Å². The zero-order valence-electron chi connectivity index (χ0n) is 11.4. The highest BCUT2D eigenvalue weighted by atomic mass is 32.1. The first-order valence-electron chi connectivity index (χ1n) is 6.79. The van der Waals surface area contributed by atoms with Gasteiger partial charge < -0.3 is 4.74 Å². The maximum absolute atomic E-state index is 12.5. The second-order valence-electron chi connectivity index (χ2n) is 4.91. The van der Waals surface area contributed by atoms with Crippen LogP contribution in [0.25, 0.3) is 5.69 Å². The summed E-state index contributed by atoms with van der Waals surface area (Å²) in [4.78, 5) is 12.5. The van der Waals surface area contributed by atoms with E-state index < -0.39 is 0 Å². The number of hydrogen-bond donors (Lipinski definition) is 0. The number of hydrogen-bond acceptors (Lipinski definition) is 3. The highest BCUT2D eigenvalue weighted by Gasteiger charge is 2.16. The van der Waals surface area contributed by atoms with Crippen molar-refractivity contribution in [1.82, 2.24) is 13.9 Å². The van der Waals surface area contributed by atoms with Crippen molar-refractivity contribution in [2.24, 2.45) is 0 Å². The minimum Gasteiger partial charge on any atom is -0.497 e. The Morgan fingerprint density at radius 3 is 2.35 bits per heavy atom. The third kappa shape index (κ3) is 2.10. The lowest BCUT2D eigenvalue weighted by molar-refractivity contribution is 0.414. The van der Waals surface area contributed by atoms with E-state index in [9.17, 15) is 4.79 Å². The van der Waals surface area contributed by atoms with E-state index in [1.165, 1.54) is 0 Å². The summed E-state index contributed by atoms with van der Waals surface area (Å²) < 4.78 is 11.0. The van der Waals surface area contributed by atoms with E-state index >= 15 is 0 Å². The average Bonchev–Trinajstić information content (AvgIpc) is 2.66. The second-order valence-corrected chi connectivity index (χ2v) is 5.27. The molecule has 6 heteroatoms. The van der Waals surface area contributed by atoms with Crippen LogP contribution in [0.4, 0.5) is 0 Å². The molecule has 0 bridgehead atoms. The quantitative estimate of drug-likeness (QED) is 0.798. The van der Waals surface area contributed by atoms with Gasteiger partial charge in [0.25, 0.3) is 0 Å². The molecule has 0 saturated heterocycles. The summed E-state index contributed by atoms with van der Waals surface area (Å²) >= 11 is 5.48. The summed E-state index contributed by atoms with van der Waals surface area (Å²) in [6.45, 7) is 1.56. The van der Waals surface area contributed by atoms with Crippen molar-refractivity contribution in [2.75, 3.05) is 7.11 Å². The molecule has 0 amide bonds. The van der Waals surface area contributed by atoms with Crippen LogP contribution in [0.15, 0.2) is 29.1 Å². The van der Waals surface area contributed by atoms with Gasteiger partial charge in [-0.05, 0) is 55.7 Å². The van der Waals surface area contributed by atoms with E-state index in [1.807, 2.05) is 28.9 Å². The predicted molar refractivity (Wildman–Crippen MR) is 79.3 cm³/mol. The monoisotopic (exact) mass is 291 g/mol. The van der Waals surface area contributed by atoms with Gasteiger partial charge in [-0.3, -0.25) is 4.68 Å². The first-order chi connectivity index (χ1) is 9.72. The van der Waals surface area contributed by atoms with Crippen molar-refractivity contribution in [3.8, 4) is 11.4 Å². The van der Waals surface area contributed by atoms with Crippen molar-refractivity contribution in [2.45, 2.75) is 32.4 Å². The maximum atomic E-state index is 12.5. The number of methoxy groups -OCH3 is 1. The van der Waals surface area contributed by atoms with Crippen molar-refractivity contribution in [1.29, 1.82) is 0 Å². The molecule has 1 aliphatic rings. The van der Waals surface area contributed by atoms with Crippen molar-refractivity contribution < 1.29 is 4.74 Å². The number of aromatic nitrogens is 3. The number of ether oxygens (including phenoxy) is 1. The van der Waals surface area contributed by atoms with Crippen LogP contribution in [0.5, 0.6) is 5.75 Å². The largest absolute Gasteiger partial charge is 0.497 e. The molecule has 0 saturated carbocycles. The summed E-state index contributed by atoms with van der Waals surface area (Å²) in [5, 5.41) is 0. The van der Waals surface area contributed by atoms with Crippen molar-refractivity contribution >= 4 is 12.2 Å². The third-order valence-corrected chi connectivity index (χ3v) is 4.08. The van der Waals surface area contributed by atoms with Crippen LogP contribution >= 0.6 is 12.2 Å². The zero-order chi connectivity index (χ0) is 14.1. The Morgan fingerprint density at radius 1 is 1.05 bits per heavy atom. The molecule has 20 heavy (non-hydrogen) atoms. The van der Waals surface area contributed by atoms with Gasteiger partial charge in [0.1, 0.15) is 5.75 Å². The average molecular weight is 291 g/mol. The van der Waals surface area contributed by atoms with E-state index in [4.69, 9.17) is 17.0 Å². The van der Waals surface area contributed by atoms with Crippen molar-refractivity contribution in [3.05, 3.63) is 39.5 Å². The lowest BCUT2D eigenvalue weighted by atomic mass is 10.2. The Morgan fingerprint density at radius 2 is 1.70 bits per heavy atom. The van der Waals surface area contributed by atoms with Gasteiger partial charge in [0.15, 0.2) is 0 Å².